The van der Waals surface area contributed by atoms with E-state index in [0.717, 1.165) is 31.8 Å². The number of benzene rings is 1. The third-order valence-electron chi connectivity index (χ3n) is 3.98. The van der Waals surface area contributed by atoms with Crippen LogP contribution < -0.4 is 10.6 Å². The molecule has 0 bridgehead atoms. The van der Waals surface area contributed by atoms with Gasteiger partial charge >= 0.3 is 5.97 Å². The molecule has 0 spiro atoms. The van der Waals surface area contributed by atoms with Crippen molar-refractivity contribution in [1.82, 2.24) is 10.6 Å². The smallest absolute Gasteiger partial charge is 0.306 e. The first-order valence-corrected chi connectivity index (χ1v) is 8.46. The van der Waals surface area contributed by atoms with E-state index in [-0.39, 0.29) is 12.1 Å². The summed E-state index contributed by atoms with van der Waals surface area (Å²) >= 11 is 0. The standard InChI is InChI=1S/C18H27N3O2/c1-19-18(21-14-15-8-3-2-4-9-15)20-13-7-12-17(22)23-16-10-5-6-11-16/h2-4,8-9,16H,5-7,10-14H2,1H3,(H2,19,20,21). The fourth-order valence-electron chi connectivity index (χ4n) is 2.69. The Balaban J connectivity index is 1.57. The van der Waals surface area contributed by atoms with E-state index in [4.69, 9.17) is 4.74 Å². The topological polar surface area (TPSA) is 62.7 Å². The van der Waals surface area contributed by atoms with Gasteiger partial charge in [0.2, 0.25) is 0 Å². The maximum atomic E-state index is 11.7. The summed E-state index contributed by atoms with van der Waals surface area (Å²) in [5, 5.41) is 6.48. The van der Waals surface area contributed by atoms with Gasteiger partial charge in [-0.2, -0.15) is 0 Å². The highest BCUT2D eigenvalue weighted by Gasteiger charge is 2.18. The molecule has 0 amide bonds. The van der Waals surface area contributed by atoms with Gasteiger partial charge < -0.3 is 15.4 Å². The summed E-state index contributed by atoms with van der Waals surface area (Å²) in [5.74, 6) is 0.670. The van der Waals surface area contributed by atoms with E-state index in [1.165, 1.54) is 18.4 Å². The molecule has 0 saturated heterocycles. The molecule has 5 heteroatoms. The van der Waals surface area contributed by atoms with Crippen LogP contribution in [0, 0.1) is 0 Å². The number of nitrogens with one attached hydrogen (secondary N) is 2. The van der Waals surface area contributed by atoms with Crippen LogP contribution in [0.25, 0.3) is 0 Å². The van der Waals surface area contributed by atoms with Crippen molar-refractivity contribution in [2.45, 2.75) is 51.2 Å². The molecule has 1 aliphatic carbocycles. The molecule has 1 aliphatic rings. The molecule has 1 aromatic rings. The van der Waals surface area contributed by atoms with E-state index in [0.29, 0.717) is 13.0 Å². The second kappa shape index (κ2) is 9.87. The van der Waals surface area contributed by atoms with Crippen LogP contribution in [0.5, 0.6) is 0 Å². The number of carbonyl (C=O) groups excluding carboxylic acids is 1. The number of rotatable bonds is 7. The van der Waals surface area contributed by atoms with Gasteiger partial charge in [0.05, 0.1) is 0 Å². The lowest BCUT2D eigenvalue weighted by Gasteiger charge is -2.13. The Morgan fingerprint density at radius 3 is 2.65 bits per heavy atom. The van der Waals surface area contributed by atoms with E-state index in [1.54, 1.807) is 7.05 Å². The summed E-state index contributed by atoms with van der Waals surface area (Å²) in [7, 11) is 1.74. The number of nitrogens with zero attached hydrogens (tertiary/aromatic N) is 1. The first-order valence-electron chi connectivity index (χ1n) is 8.46. The Morgan fingerprint density at radius 1 is 1.22 bits per heavy atom. The van der Waals surface area contributed by atoms with Crippen molar-refractivity contribution in [2.75, 3.05) is 13.6 Å². The summed E-state index contributed by atoms with van der Waals surface area (Å²) < 4.78 is 5.44. The van der Waals surface area contributed by atoms with Gasteiger partial charge in [-0.25, -0.2) is 0 Å². The number of guanidine groups is 1. The van der Waals surface area contributed by atoms with Gasteiger partial charge in [-0.3, -0.25) is 9.79 Å². The molecule has 0 aromatic heterocycles. The van der Waals surface area contributed by atoms with Gasteiger partial charge in [0.15, 0.2) is 5.96 Å². The minimum absolute atomic E-state index is 0.0778. The lowest BCUT2D eigenvalue weighted by atomic mass is 10.2. The molecule has 23 heavy (non-hydrogen) atoms. The fraction of sp³-hybridized carbons (Fsp3) is 0.556. The van der Waals surface area contributed by atoms with Gasteiger partial charge in [-0.1, -0.05) is 30.3 Å². The van der Waals surface area contributed by atoms with Crippen LogP contribution >= 0.6 is 0 Å². The summed E-state index contributed by atoms with van der Waals surface area (Å²) in [6, 6.07) is 10.2. The zero-order chi connectivity index (χ0) is 16.3. The van der Waals surface area contributed by atoms with E-state index in [2.05, 4.69) is 27.8 Å². The minimum Gasteiger partial charge on any atom is -0.462 e. The van der Waals surface area contributed by atoms with Crippen LogP contribution in [-0.4, -0.2) is 31.6 Å². The zero-order valence-corrected chi connectivity index (χ0v) is 13.9. The number of ether oxygens (including phenoxy) is 1. The Hall–Kier alpha value is -2.04. The summed E-state index contributed by atoms with van der Waals surface area (Å²) in [6.45, 7) is 1.43. The molecular weight excluding hydrogens is 290 g/mol. The molecule has 0 unspecified atom stereocenters. The number of hydrogen-bond acceptors (Lipinski definition) is 3. The summed E-state index contributed by atoms with van der Waals surface area (Å²) in [6.07, 6.45) is 5.79. The molecule has 0 atom stereocenters. The van der Waals surface area contributed by atoms with Crippen LogP contribution in [0.4, 0.5) is 0 Å². The maximum absolute atomic E-state index is 11.7. The van der Waals surface area contributed by atoms with Crippen molar-refractivity contribution in [2.24, 2.45) is 4.99 Å². The number of hydrogen-bond donors (Lipinski definition) is 2. The highest BCUT2D eigenvalue weighted by Crippen LogP contribution is 2.21. The lowest BCUT2D eigenvalue weighted by Crippen LogP contribution is -2.37. The normalized spacial score (nSPS) is 15.4. The molecule has 0 radical (unpaired) electrons. The van der Waals surface area contributed by atoms with E-state index in [9.17, 15) is 4.79 Å². The Bertz CT molecular complexity index is 496. The molecule has 2 rings (SSSR count). The molecular formula is C18H27N3O2. The van der Waals surface area contributed by atoms with Gasteiger partial charge in [-0.05, 0) is 37.7 Å². The molecule has 5 nitrogen and oxygen atoms in total. The van der Waals surface area contributed by atoms with Gasteiger partial charge in [0.25, 0.3) is 0 Å². The van der Waals surface area contributed by atoms with Crippen molar-refractivity contribution >= 4 is 11.9 Å². The predicted octanol–water partition coefficient (Wildman–Crippen LogP) is 2.62. The van der Waals surface area contributed by atoms with E-state index in [1.807, 2.05) is 18.2 Å². The van der Waals surface area contributed by atoms with E-state index >= 15 is 0 Å². The van der Waals surface area contributed by atoms with E-state index < -0.39 is 0 Å². The zero-order valence-electron chi connectivity index (χ0n) is 13.9. The first-order chi connectivity index (χ1) is 11.3. The van der Waals surface area contributed by atoms with Crippen molar-refractivity contribution in [3.05, 3.63) is 35.9 Å². The highest BCUT2D eigenvalue weighted by molar-refractivity contribution is 5.79. The van der Waals surface area contributed by atoms with Gasteiger partial charge in [0.1, 0.15) is 6.10 Å². The SMILES string of the molecule is CN=C(NCCCC(=O)OC1CCCC1)NCc1ccccc1. The van der Waals surface area contributed by atoms with Crippen LogP contribution in [0.2, 0.25) is 0 Å². The molecule has 0 heterocycles. The average molecular weight is 317 g/mol. The highest BCUT2D eigenvalue weighted by atomic mass is 16.5. The van der Waals surface area contributed by atoms with Crippen molar-refractivity contribution in [3.63, 3.8) is 0 Å². The third kappa shape index (κ3) is 6.72. The van der Waals surface area contributed by atoms with Crippen LogP contribution in [0.1, 0.15) is 44.1 Å². The molecule has 0 aliphatic heterocycles. The maximum Gasteiger partial charge on any atom is 0.306 e. The Labute approximate surface area is 138 Å². The summed E-state index contributed by atoms with van der Waals surface area (Å²) in [4.78, 5) is 15.9. The Kier molecular flexibility index (Phi) is 7.43. The van der Waals surface area contributed by atoms with Crippen molar-refractivity contribution in [1.29, 1.82) is 0 Å². The minimum atomic E-state index is -0.0778. The van der Waals surface area contributed by atoms with Crippen LogP contribution in [-0.2, 0) is 16.1 Å². The van der Waals surface area contributed by atoms with Crippen LogP contribution in [0.3, 0.4) is 0 Å². The first kappa shape index (κ1) is 17.3. The average Bonchev–Trinajstić information content (AvgIpc) is 3.08. The molecule has 2 N–H and O–H groups in total. The molecule has 1 saturated carbocycles. The second-order valence-electron chi connectivity index (χ2n) is 5.84. The van der Waals surface area contributed by atoms with Gasteiger partial charge in [-0.15, -0.1) is 0 Å². The van der Waals surface area contributed by atoms with Crippen molar-refractivity contribution in [3.8, 4) is 0 Å². The Morgan fingerprint density at radius 2 is 1.96 bits per heavy atom. The van der Waals surface area contributed by atoms with Gasteiger partial charge in [0, 0.05) is 26.6 Å². The predicted molar refractivity (Wildman–Crippen MR) is 92.2 cm³/mol. The largest absolute Gasteiger partial charge is 0.462 e. The number of esters is 1. The number of aliphatic imine (C=N–C) groups is 1. The number of carbonyl (C=O) groups is 1. The third-order valence-corrected chi connectivity index (χ3v) is 3.98. The van der Waals surface area contributed by atoms with Crippen LogP contribution in [0.15, 0.2) is 35.3 Å². The summed E-state index contributed by atoms with van der Waals surface area (Å²) in [5.41, 5.74) is 1.20. The molecule has 1 fully saturated rings. The fourth-order valence-corrected chi connectivity index (χ4v) is 2.69. The monoisotopic (exact) mass is 317 g/mol. The quantitative estimate of drug-likeness (QED) is 0.351. The molecule has 1 aromatic carbocycles. The molecule has 126 valence electrons. The second-order valence-corrected chi connectivity index (χ2v) is 5.84. The van der Waals surface area contributed by atoms with Crippen molar-refractivity contribution < 1.29 is 9.53 Å². The lowest BCUT2D eigenvalue weighted by molar-refractivity contribution is -0.148.